The maximum Gasteiger partial charge on any atom is 0.231 e. The van der Waals surface area contributed by atoms with Crippen molar-refractivity contribution in [3.63, 3.8) is 0 Å². The van der Waals surface area contributed by atoms with Gasteiger partial charge in [-0.1, -0.05) is 24.2 Å². The second kappa shape index (κ2) is 6.66. The maximum atomic E-state index is 8.72. The van der Waals surface area contributed by atoms with Crippen molar-refractivity contribution >= 4 is 0 Å². The van der Waals surface area contributed by atoms with Gasteiger partial charge in [0.2, 0.25) is 5.89 Å². The quantitative estimate of drug-likeness (QED) is 0.743. The Bertz CT molecular complexity index is 555. The van der Waals surface area contributed by atoms with Crippen LogP contribution in [0.5, 0.6) is 0 Å². The molecule has 0 radical (unpaired) electrons. The highest BCUT2D eigenvalue weighted by Crippen LogP contribution is 2.09. The fourth-order valence-electron chi connectivity index (χ4n) is 1.60. The molecule has 1 aromatic carbocycles. The number of ether oxygens (including phenoxy) is 1. The van der Waals surface area contributed by atoms with Crippen molar-refractivity contribution in [2.24, 2.45) is 0 Å². The maximum absolute atomic E-state index is 8.72. The molecule has 0 unspecified atom stereocenters. The van der Waals surface area contributed by atoms with Gasteiger partial charge in [0.25, 0.3) is 0 Å². The molecule has 5 nitrogen and oxygen atoms in total. The highest BCUT2D eigenvalue weighted by Gasteiger charge is 2.07. The summed E-state index contributed by atoms with van der Waals surface area (Å²) in [5, 5.41) is 12.6. The fraction of sp³-hybridized carbons (Fsp3) is 0.357. The highest BCUT2D eigenvalue weighted by atomic mass is 16.5. The number of benzene rings is 1. The molecule has 0 saturated heterocycles. The van der Waals surface area contributed by atoms with E-state index in [-0.39, 0.29) is 0 Å². The Morgan fingerprint density at radius 3 is 2.79 bits per heavy atom. The number of nitrogens with zero attached hydrogens (tertiary/aromatic N) is 3. The first kappa shape index (κ1) is 13.2. The first-order chi connectivity index (χ1) is 9.31. The minimum absolute atomic E-state index is 0.380. The first-order valence-corrected chi connectivity index (χ1v) is 6.20. The summed E-state index contributed by atoms with van der Waals surface area (Å²) in [4.78, 5) is 4.25. The Balaban J connectivity index is 1.93. The molecule has 0 bridgehead atoms. The van der Waals surface area contributed by atoms with Gasteiger partial charge in [0.15, 0.2) is 5.82 Å². The molecule has 0 aliphatic rings. The summed E-state index contributed by atoms with van der Waals surface area (Å²) in [5.41, 5.74) is 1.67. The van der Waals surface area contributed by atoms with Crippen LogP contribution in [0.25, 0.3) is 0 Å². The summed E-state index contributed by atoms with van der Waals surface area (Å²) in [6, 6.07) is 9.40. The molecule has 0 aliphatic carbocycles. The van der Waals surface area contributed by atoms with Crippen molar-refractivity contribution in [3.8, 4) is 6.07 Å². The van der Waals surface area contributed by atoms with Gasteiger partial charge < -0.3 is 9.26 Å². The Labute approximate surface area is 111 Å². The van der Waals surface area contributed by atoms with E-state index in [9.17, 15) is 0 Å². The first-order valence-electron chi connectivity index (χ1n) is 6.20. The van der Waals surface area contributed by atoms with Crippen LogP contribution in [0.3, 0.4) is 0 Å². The Hall–Kier alpha value is -2.19. The van der Waals surface area contributed by atoms with Crippen molar-refractivity contribution < 1.29 is 9.26 Å². The van der Waals surface area contributed by atoms with E-state index in [0.717, 1.165) is 12.0 Å². The topological polar surface area (TPSA) is 71.9 Å². The van der Waals surface area contributed by atoms with Crippen molar-refractivity contribution in [1.82, 2.24) is 10.1 Å². The molecule has 98 valence electrons. The van der Waals surface area contributed by atoms with E-state index < -0.39 is 0 Å². The zero-order valence-electron chi connectivity index (χ0n) is 10.8. The summed E-state index contributed by atoms with van der Waals surface area (Å²) in [6.07, 6.45) is 1.53. The van der Waals surface area contributed by atoms with Crippen molar-refractivity contribution in [1.29, 1.82) is 5.26 Å². The van der Waals surface area contributed by atoms with E-state index in [4.69, 9.17) is 14.5 Å². The van der Waals surface area contributed by atoms with Crippen LogP contribution < -0.4 is 0 Å². The minimum atomic E-state index is 0.380. The van der Waals surface area contributed by atoms with Gasteiger partial charge in [-0.2, -0.15) is 10.2 Å². The Kier molecular flexibility index (Phi) is 4.65. The molecule has 0 spiro atoms. The smallest absolute Gasteiger partial charge is 0.231 e. The molecule has 1 heterocycles. The number of aromatic nitrogens is 2. The third kappa shape index (κ3) is 3.90. The van der Waals surface area contributed by atoms with Gasteiger partial charge in [0.1, 0.15) is 6.61 Å². The van der Waals surface area contributed by atoms with Gasteiger partial charge in [-0.05, 0) is 24.1 Å². The number of hydrogen-bond donors (Lipinski definition) is 0. The molecule has 1 aromatic heterocycles. The number of hydrogen-bond acceptors (Lipinski definition) is 5. The second-order valence-electron chi connectivity index (χ2n) is 4.14. The number of rotatable bonds is 6. The van der Waals surface area contributed by atoms with Crippen LogP contribution in [0.1, 0.15) is 36.2 Å². The summed E-state index contributed by atoms with van der Waals surface area (Å²) < 4.78 is 10.5. The van der Waals surface area contributed by atoms with Crippen LogP contribution in [0.15, 0.2) is 28.8 Å². The predicted octanol–water partition coefficient (Wildman–Crippen LogP) is 2.46. The molecule has 0 aliphatic heterocycles. The molecule has 2 rings (SSSR count). The van der Waals surface area contributed by atoms with E-state index in [0.29, 0.717) is 36.9 Å². The normalized spacial score (nSPS) is 10.3. The third-order valence-corrected chi connectivity index (χ3v) is 2.53. The Morgan fingerprint density at radius 2 is 2.11 bits per heavy atom. The van der Waals surface area contributed by atoms with E-state index >= 15 is 0 Å². The van der Waals surface area contributed by atoms with Gasteiger partial charge in [-0.25, -0.2) is 0 Å². The summed E-state index contributed by atoms with van der Waals surface area (Å²) >= 11 is 0. The molecular formula is C14H15N3O2. The van der Waals surface area contributed by atoms with Crippen LogP contribution >= 0.6 is 0 Å². The summed E-state index contributed by atoms with van der Waals surface area (Å²) in [6.45, 7) is 3.12. The predicted molar refractivity (Wildman–Crippen MR) is 68.2 cm³/mol. The average molecular weight is 257 g/mol. The van der Waals surface area contributed by atoms with Crippen LogP contribution in [0.4, 0.5) is 0 Å². The SMILES string of the molecule is CCCOCc1noc(Cc2ccc(C#N)cc2)n1. The van der Waals surface area contributed by atoms with Crippen molar-refractivity contribution in [2.45, 2.75) is 26.4 Å². The molecule has 19 heavy (non-hydrogen) atoms. The zero-order chi connectivity index (χ0) is 13.5. The fourth-order valence-corrected chi connectivity index (χ4v) is 1.60. The second-order valence-corrected chi connectivity index (χ2v) is 4.14. The molecule has 0 amide bonds. The lowest BCUT2D eigenvalue weighted by molar-refractivity contribution is 0.114. The summed E-state index contributed by atoms with van der Waals surface area (Å²) in [7, 11) is 0. The van der Waals surface area contributed by atoms with Crippen molar-refractivity contribution in [2.75, 3.05) is 6.61 Å². The van der Waals surface area contributed by atoms with E-state index in [1.54, 1.807) is 12.1 Å². The van der Waals surface area contributed by atoms with E-state index in [1.165, 1.54) is 0 Å². The van der Waals surface area contributed by atoms with Crippen LogP contribution in [-0.2, 0) is 17.8 Å². The van der Waals surface area contributed by atoms with Gasteiger partial charge in [0.05, 0.1) is 18.1 Å². The standard InChI is InChI=1S/C14H15N3O2/c1-2-7-18-10-13-16-14(19-17-13)8-11-3-5-12(9-15)6-4-11/h3-6H,2,7-8,10H2,1H3. The van der Waals surface area contributed by atoms with Crippen LogP contribution in [0, 0.1) is 11.3 Å². The molecule has 5 heteroatoms. The van der Waals surface area contributed by atoms with Gasteiger partial charge >= 0.3 is 0 Å². The average Bonchev–Trinajstić information content (AvgIpc) is 2.88. The minimum Gasteiger partial charge on any atom is -0.373 e. The van der Waals surface area contributed by atoms with Crippen LogP contribution in [-0.4, -0.2) is 16.7 Å². The molecule has 0 saturated carbocycles. The zero-order valence-corrected chi connectivity index (χ0v) is 10.8. The van der Waals surface area contributed by atoms with Crippen LogP contribution in [0.2, 0.25) is 0 Å². The van der Waals surface area contributed by atoms with Gasteiger partial charge in [-0.3, -0.25) is 0 Å². The largest absolute Gasteiger partial charge is 0.373 e. The Morgan fingerprint density at radius 1 is 1.32 bits per heavy atom. The van der Waals surface area contributed by atoms with Gasteiger partial charge in [-0.15, -0.1) is 0 Å². The lowest BCUT2D eigenvalue weighted by atomic mass is 10.1. The molecular weight excluding hydrogens is 242 g/mol. The lowest BCUT2D eigenvalue weighted by Gasteiger charge is -1.96. The molecule has 0 atom stereocenters. The third-order valence-electron chi connectivity index (χ3n) is 2.53. The molecule has 2 aromatic rings. The highest BCUT2D eigenvalue weighted by molar-refractivity contribution is 5.32. The summed E-state index contributed by atoms with van der Waals surface area (Å²) in [5.74, 6) is 1.12. The monoisotopic (exact) mass is 257 g/mol. The van der Waals surface area contributed by atoms with E-state index in [1.807, 2.05) is 19.1 Å². The van der Waals surface area contributed by atoms with E-state index in [2.05, 4.69) is 16.2 Å². The lowest BCUT2D eigenvalue weighted by Crippen LogP contribution is -1.96. The van der Waals surface area contributed by atoms with Crippen molar-refractivity contribution in [3.05, 3.63) is 47.1 Å². The van der Waals surface area contributed by atoms with Gasteiger partial charge in [0, 0.05) is 6.61 Å². The molecule has 0 N–H and O–H groups in total. The number of nitriles is 1. The molecule has 0 fully saturated rings.